The van der Waals surface area contributed by atoms with Gasteiger partial charge in [0.2, 0.25) is 0 Å². The molecule has 27 heavy (non-hydrogen) atoms. The van der Waals surface area contributed by atoms with Crippen molar-refractivity contribution in [3.63, 3.8) is 0 Å². The van der Waals surface area contributed by atoms with Gasteiger partial charge in [-0.1, -0.05) is 0 Å². The number of aromatic nitrogens is 1. The van der Waals surface area contributed by atoms with Gasteiger partial charge in [-0.3, -0.25) is 0 Å². The molecule has 4 nitrogen and oxygen atoms in total. The number of aromatic amines is 1. The van der Waals surface area contributed by atoms with E-state index in [1.54, 1.807) is 0 Å². The SMILES string of the molecule is Cc1cc2c([nH]1)CN(c1ccc(F)cc1)C=C2N1[C@H](C)CCC[C@@H]1C.Cl.O. The summed E-state index contributed by atoms with van der Waals surface area (Å²) >= 11 is 0. The zero-order chi connectivity index (χ0) is 17.6. The van der Waals surface area contributed by atoms with Crippen LogP contribution < -0.4 is 4.90 Å². The summed E-state index contributed by atoms with van der Waals surface area (Å²) in [6.07, 6.45) is 6.02. The minimum Gasteiger partial charge on any atom is -0.412 e. The fraction of sp³-hybridized carbons (Fsp3) is 0.429. The Morgan fingerprint density at radius 2 is 1.70 bits per heavy atom. The summed E-state index contributed by atoms with van der Waals surface area (Å²) in [5.41, 5.74) is 6.05. The van der Waals surface area contributed by atoms with Crippen LogP contribution in [0.15, 0.2) is 36.5 Å². The standard InChI is InChI=1S/C21H26FN3.ClH.H2O/c1-14-11-19-20(23-14)12-24(18-9-7-17(22)8-10-18)13-21(19)25-15(2)5-4-6-16(25)3;;/h7-11,13,15-16,23H,4-6,12H2,1-3H3;1H;1H2/t15-,16+;;. The maximum absolute atomic E-state index is 13.3. The van der Waals surface area contributed by atoms with Gasteiger partial charge in [0.1, 0.15) is 5.82 Å². The summed E-state index contributed by atoms with van der Waals surface area (Å²) in [6, 6.07) is 10.1. The highest BCUT2D eigenvalue weighted by atomic mass is 35.5. The van der Waals surface area contributed by atoms with Crippen LogP contribution in [-0.2, 0) is 6.54 Å². The number of benzene rings is 1. The number of halogens is 2. The molecule has 2 aliphatic rings. The van der Waals surface area contributed by atoms with E-state index in [1.165, 1.54) is 54.0 Å². The molecule has 1 aromatic carbocycles. The first-order valence-corrected chi connectivity index (χ1v) is 9.24. The first-order valence-electron chi connectivity index (χ1n) is 9.24. The predicted molar refractivity (Wildman–Crippen MR) is 112 cm³/mol. The van der Waals surface area contributed by atoms with Crippen molar-refractivity contribution in [3.8, 4) is 0 Å². The van der Waals surface area contributed by atoms with E-state index >= 15 is 0 Å². The normalized spacial score (nSPS) is 21.7. The number of piperidine rings is 1. The van der Waals surface area contributed by atoms with Gasteiger partial charge in [-0.05, 0) is 70.4 Å². The Morgan fingerprint density at radius 3 is 2.33 bits per heavy atom. The van der Waals surface area contributed by atoms with E-state index < -0.39 is 0 Å². The van der Waals surface area contributed by atoms with E-state index in [1.807, 2.05) is 12.1 Å². The monoisotopic (exact) mass is 393 g/mol. The topological polar surface area (TPSA) is 53.8 Å². The number of hydrogen-bond donors (Lipinski definition) is 1. The lowest BCUT2D eigenvalue weighted by Gasteiger charge is -2.44. The molecule has 0 amide bonds. The molecule has 1 saturated heterocycles. The van der Waals surface area contributed by atoms with E-state index in [-0.39, 0.29) is 23.7 Å². The van der Waals surface area contributed by atoms with E-state index in [9.17, 15) is 4.39 Å². The second-order valence-electron chi connectivity index (χ2n) is 7.50. The van der Waals surface area contributed by atoms with Crippen molar-refractivity contribution in [2.24, 2.45) is 0 Å². The zero-order valence-corrected chi connectivity index (χ0v) is 16.9. The number of rotatable bonds is 2. The van der Waals surface area contributed by atoms with Crippen LogP contribution in [0.4, 0.5) is 10.1 Å². The summed E-state index contributed by atoms with van der Waals surface area (Å²) in [7, 11) is 0. The van der Waals surface area contributed by atoms with Gasteiger partial charge in [-0.2, -0.15) is 0 Å². The van der Waals surface area contributed by atoms with Gasteiger partial charge in [0.15, 0.2) is 0 Å². The second kappa shape index (κ2) is 8.36. The molecule has 4 rings (SSSR count). The highest BCUT2D eigenvalue weighted by Crippen LogP contribution is 2.37. The molecule has 3 heterocycles. The van der Waals surface area contributed by atoms with Crippen molar-refractivity contribution < 1.29 is 9.87 Å². The van der Waals surface area contributed by atoms with Crippen LogP contribution in [0.5, 0.6) is 0 Å². The minimum absolute atomic E-state index is 0. The van der Waals surface area contributed by atoms with Crippen LogP contribution in [0.2, 0.25) is 0 Å². The molecular formula is C21H29ClFN3O. The highest BCUT2D eigenvalue weighted by Gasteiger charge is 2.31. The quantitative estimate of drug-likeness (QED) is 0.807. The molecule has 2 aromatic rings. The number of aryl methyl sites for hydroxylation is 1. The van der Waals surface area contributed by atoms with Gasteiger partial charge < -0.3 is 20.3 Å². The summed E-state index contributed by atoms with van der Waals surface area (Å²) in [4.78, 5) is 8.32. The third-order valence-electron chi connectivity index (χ3n) is 5.55. The second-order valence-corrected chi connectivity index (χ2v) is 7.50. The summed E-state index contributed by atoms with van der Waals surface area (Å²) in [6.45, 7) is 7.55. The van der Waals surface area contributed by atoms with E-state index in [4.69, 9.17) is 0 Å². The molecule has 3 N–H and O–H groups in total. The van der Waals surface area contributed by atoms with Gasteiger partial charge in [-0.15, -0.1) is 12.4 Å². The number of nitrogens with one attached hydrogen (secondary N) is 1. The minimum atomic E-state index is -0.195. The fourth-order valence-electron chi connectivity index (χ4n) is 4.33. The molecule has 0 bridgehead atoms. The molecule has 148 valence electrons. The molecular weight excluding hydrogens is 365 g/mol. The lowest BCUT2D eigenvalue weighted by Crippen LogP contribution is -2.43. The van der Waals surface area contributed by atoms with E-state index in [2.05, 4.69) is 47.8 Å². The molecule has 0 aliphatic carbocycles. The molecule has 2 atom stereocenters. The van der Waals surface area contributed by atoms with Crippen LogP contribution >= 0.6 is 12.4 Å². The molecule has 1 fully saturated rings. The molecule has 6 heteroatoms. The Morgan fingerprint density at radius 1 is 1.07 bits per heavy atom. The van der Waals surface area contributed by atoms with Crippen molar-refractivity contribution in [3.05, 3.63) is 59.3 Å². The molecule has 2 aliphatic heterocycles. The maximum atomic E-state index is 13.3. The molecule has 0 saturated carbocycles. The summed E-state index contributed by atoms with van der Waals surface area (Å²) in [5, 5.41) is 0. The number of anilines is 1. The van der Waals surface area contributed by atoms with Crippen LogP contribution in [0.1, 0.15) is 50.1 Å². The Bertz CT molecular complexity index is 792. The number of fused-ring (bicyclic) bond motifs is 1. The summed E-state index contributed by atoms with van der Waals surface area (Å²) < 4.78 is 13.3. The number of nitrogens with zero attached hydrogens (tertiary/aromatic N) is 2. The van der Waals surface area contributed by atoms with Gasteiger partial charge in [0, 0.05) is 40.9 Å². The maximum Gasteiger partial charge on any atom is 0.123 e. The van der Waals surface area contributed by atoms with Crippen molar-refractivity contribution in [1.82, 2.24) is 9.88 Å². The van der Waals surface area contributed by atoms with Crippen molar-refractivity contribution in [1.29, 1.82) is 0 Å². The Labute approximate surface area is 166 Å². The van der Waals surface area contributed by atoms with Gasteiger partial charge in [0.25, 0.3) is 0 Å². The third kappa shape index (κ3) is 3.99. The Balaban J connectivity index is 0.00000131. The van der Waals surface area contributed by atoms with E-state index in [0.717, 1.165) is 12.2 Å². The molecule has 1 aromatic heterocycles. The van der Waals surface area contributed by atoms with Crippen LogP contribution in [0, 0.1) is 12.7 Å². The number of likely N-dealkylation sites (tertiary alicyclic amines) is 1. The smallest absolute Gasteiger partial charge is 0.123 e. The first-order chi connectivity index (χ1) is 12.0. The molecule has 0 unspecified atom stereocenters. The van der Waals surface area contributed by atoms with Crippen LogP contribution in [-0.4, -0.2) is 27.4 Å². The van der Waals surface area contributed by atoms with Crippen molar-refractivity contribution in [2.75, 3.05) is 4.90 Å². The molecule has 0 spiro atoms. The molecule has 0 radical (unpaired) electrons. The lowest BCUT2D eigenvalue weighted by atomic mass is 9.94. The van der Waals surface area contributed by atoms with Crippen molar-refractivity contribution >= 4 is 23.8 Å². The first kappa shape index (κ1) is 21.3. The largest absolute Gasteiger partial charge is 0.412 e. The number of hydrogen-bond acceptors (Lipinski definition) is 2. The number of H-pyrrole nitrogens is 1. The fourth-order valence-corrected chi connectivity index (χ4v) is 4.33. The van der Waals surface area contributed by atoms with Gasteiger partial charge >= 0.3 is 0 Å². The van der Waals surface area contributed by atoms with Gasteiger partial charge in [-0.25, -0.2) is 4.39 Å². The highest BCUT2D eigenvalue weighted by molar-refractivity contribution is 5.85. The lowest BCUT2D eigenvalue weighted by molar-refractivity contribution is 0.177. The third-order valence-corrected chi connectivity index (χ3v) is 5.55. The van der Waals surface area contributed by atoms with Gasteiger partial charge in [0.05, 0.1) is 12.2 Å². The van der Waals surface area contributed by atoms with Crippen LogP contribution in [0.3, 0.4) is 0 Å². The predicted octanol–water partition coefficient (Wildman–Crippen LogP) is 4.64. The Hall–Kier alpha value is -1.98. The van der Waals surface area contributed by atoms with Crippen LogP contribution in [0.25, 0.3) is 5.70 Å². The average Bonchev–Trinajstić information content (AvgIpc) is 2.95. The summed E-state index contributed by atoms with van der Waals surface area (Å²) in [5.74, 6) is -0.195. The van der Waals surface area contributed by atoms with Crippen molar-refractivity contribution in [2.45, 2.75) is 58.7 Å². The average molecular weight is 394 g/mol. The Kier molecular flexibility index (Phi) is 6.60. The van der Waals surface area contributed by atoms with E-state index in [0.29, 0.717) is 12.1 Å². The zero-order valence-electron chi connectivity index (χ0n) is 16.1.